The molecule has 1 heterocycles. The molecule has 1 nitrogen and oxygen atoms in total. The number of aryl methyl sites for hydroxylation is 1. The third-order valence-corrected chi connectivity index (χ3v) is 6.56. The van der Waals surface area contributed by atoms with Gasteiger partial charge in [-0.2, -0.15) is 0 Å². The zero-order valence-electron chi connectivity index (χ0n) is 11.0. The van der Waals surface area contributed by atoms with E-state index in [9.17, 15) is 0 Å². The molecule has 1 aromatic heterocycles. The smallest absolute Gasteiger partial charge is 0.0331 e. The average Bonchev–Trinajstić information content (AvgIpc) is 3.11. The molecule has 4 atom stereocenters. The second-order valence-electron chi connectivity index (χ2n) is 6.59. The largest absolute Gasteiger partial charge is 0.310 e. The minimum absolute atomic E-state index is 0.666. The van der Waals surface area contributed by atoms with Crippen LogP contribution in [0.4, 0.5) is 0 Å². The molecule has 1 aromatic rings. The highest BCUT2D eigenvalue weighted by molar-refractivity contribution is 7.10. The van der Waals surface area contributed by atoms with Gasteiger partial charge in [-0.25, -0.2) is 0 Å². The third-order valence-electron chi connectivity index (χ3n) is 5.56. The fraction of sp³-hybridized carbons (Fsp3) is 0.750. The summed E-state index contributed by atoms with van der Waals surface area (Å²) in [5.74, 6) is 3.14. The lowest BCUT2D eigenvalue weighted by atomic mass is 9.87. The van der Waals surface area contributed by atoms with E-state index < -0.39 is 0 Å². The molecule has 0 radical (unpaired) electrons. The van der Waals surface area contributed by atoms with Gasteiger partial charge in [0, 0.05) is 10.9 Å². The van der Waals surface area contributed by atoms with E-state index >= 15 is 0 Å². The van der Waals surface area contributed by atoms with Crippen molar-refractivity contribution in [1.82, 2.24) is 5.32 Å². The summed E-state index contributed by atoms with van der Waals surface area (Å²) in [5.41, 5.74) is 1.62. The molecule has 4 rings (SSSR count). The van der Waals surface area contributed by atoms with Crippen LogP contribution in [0.3, 0.4) is 0 Å². The Morgan fingerprint density at radius 1 is 1.22 bits per heavy atom. The summed E-state index contributed by atoms with van der Waals surface area (Å²) in [6.45, 7) is 1.28. The molecule has 98 valence electrons. The predicted octanol–water partition coefficient (Wildman–Crippen LogP) is 4.15. The average molecular weight is 261 g/mol. The SMILES string of the molecule is c1cc2c(s1)CCCC2NCC1CC2CCC1C2. The summed E-state index contributed by atoms with van der Waals surface area (Å²) < 4.78 is 0. The van der Waals surface area contributed by atoms with Crippen LogP contribution >= 0.6 is 11.3 Å². The fourth-order valence-electron chi connectivity index (χ4n) is 4.62. The standard InChI is InChI=1S/C16H23NS/c1-2-15(14-6-7-18-16(14)3-1)17-10-13-9-11-4-5-12(13)8-11/h6-7,11-13,15,17H,1-5,8-10H2. The quantitative estimate of drug-likeness (QED) is 0.862. The number of rotatable bonds is 3. The van der Waals surface area contributed by atoms with E-state index in [-0.39, 0.29) is 0 Å². The molecule has 2 saturated carbocycles. The van der Waals surface area contributed by atoms with Crippen molar-refractivity contribution >= 4 is 11.3 Å². The lowest BCUT2D eigenvalue weighted by Crippen LogP contribution is -2.31. The Labute approximate surface area is 114 Å². The number of fused-ring (bicyclic) bond motifs is 3. The van der Waals surface area contributed by atoms with Crippen molar-refractivity contribution in [3.63, 3.8) is 0 Å². The van der Waals surface area contributed by atoms with Gasteiger partial charge in [0.15, 0.2) is 0 Å². The lowest BCUT2D eigenvalue weighted by Gasteiger charge is -2.28. The Morgan fingerprint density at radius 2 is 2.22 bits per heavy atom. The van der Waals surface area contributed by atoms with Gasteiger partial charge in [-0.1, -0.05) is 6.42 Å². The number of nitrogens with one attached hydrogen (secondary N) is 1. The molecule has 0 aliphatic heterocycles. The third kappa shape index (κ3) is 1.94. The summed E-state index contributed by atoms with van der Waals surface area (Å²) >= 11 is 1.96. The second-order valence-corrected chi connectivity index (χ2v) is 7.59. The molecule has 0 spiro atoms. The zero-order valence-corrected chi connectivity index (χ0v) is 11.8. The zero-order chi connectivity index (χ0) is 11.9. The minimum atomic E-state index is 0.666. The van der Waals surface area contributed by atoms with Gasteiger partial charge in [0.1, 0.15) is 0 Å². The first-order valence-electron chi connectivity index (χ1n) is 7.70. The maximum absolute atomic E-state index is 3.90. The van der Waals surface area contributed by atoms with Gasteiger partial charge in [-0.15, -0.1) is 11.3 Å². The lowest BCUT2D eigenvalue weighted by molar-refractivity contribution is 0.300. The van der Waals surface area contributed by atoms with Crippen molar-refractivity contribution in [3.8, 4) is 0 Å². The molecular weight excluding hydrogens is 238 g/mol. The van der Waals surface area contributed by atoms with E-state index in [4.69, 9.17) is 0 Å². The van der Waals surface area contributed by atoms with Crippen LogP contribution in [0.15, 0.2) is 11.4 Å². The van der Waals surface area contributed by atoms with Crippen LogP contribution in [-0.2, 0) is 6.42 Å². The maximum atomic E-state index is 3.90. The highest BCUT2D eigenvalue weighted by Crippen LogP contribution is 2.48. The van der Waals surface area contributed by atoms with Crippen LogP contribution in [0, 0.1) is 17.8 Å². The molecule has 0 saturated heterocycles. The van der Waals surface area contributed by atoms with Crippen LogP contribution in [0.1, 0.15) is 55.0 Å². The van der Waals surface area contributed by atoms with Crippen LogP contribution in [0.25, 0.3) is 0 Å². The highest BCUT2D eigenvalue weighted by atomic mass is 32.1. The summed E-state index contributed by atoms with van der Waals surface area (Å²) in [6.07, 6.45) is 10.2. The van der Waals surface area contributed by atoms with E-state index in [0.717, 1.165) is 17.8 Å². The first-order valence-corrected chi connectivity index (χ1v) is 8.58. The first kappa shape index (κ1) is 11.5. The summed E-state index contributed by atoms with van der Waals surface area (Å²) in [4.78, 5) is 1.65. The number of hydrogen-bond acceptors (Lipinski definition) is 2. The molecule has 3 aliphatic carbocycles. The number of hydrogen-bond donors (Lipinski definition) is 1. The molecule has 1 N–H and O–H groups in total. The monoisotopic (exact) mass is 261 g/mol. The Kier molecular flexibility index (Phi) is 2.96. The van der Waals surface area contributed by atoms with Crippen molar-refractivity contribution in [2.75, 3.05) is 6.54 Å². The van der Waals surface area contributed by atoms with Crippen molar-refractivity contribution in [3.05, 3.63) is 21.9 Å². The Balaban J connectivity index is 1.39. The van der Waals surface area contributed by atoms with Gasteiger partial charge in [0.25, 0.3) is 0 Å². The normalized spacial score (nSPS) is 38.0. The number of thiophene rings is 1. The topological polar surface area (TPSA) is 12.0 Å². The molecule has 3 aliphatic rings. The molecule has 2 heteroatoms. The Bertz CT molecular complexity index is 424. The molecule has 0 amide bonds. The molecule has 2 fully saturated rings. The molecule has 4 unspecified atom stereocenters. The highest BCUT2D eigenvalue weighted by Gasteiger charge is 2.39. The predicted molar refractivity (Wildman–Crippen MR) is 76.9 cm³/mol. The summed E-state index contributed by atoms with van der Waals surface area (Å²) in [7, 11) is 0. The van der Waals surface area contributed by atoms with Gasteiger partial charge in [-0.3, -0.25) is 0 Å². The second kappa shape index (κ2) is 4.64. The van der Waals surface area contributed by atoms with E-state index in [1.165, 1.54) is 45.1 Å². The molecular formula is C16H23NS. The van der Waals surface area contributed by atoms with Crippen LogP contribution in [-0.4, -0.2) is 6.54 Å². The van der Waals surface area contributed by atoms with Crippen LogP contribution < -0.4 is 5.32 Å². The fourth-order valence-corrected chi connectivity index (χ4v) is 5.61. The Morgan fingerprint density at radius 3 is 3.06 bits per heavy atom. The molecule has 18 heavy (non-hydrogen) atoms. The minimum Gasteiger partial charge on any atom is -0.310 e. The first-order chi connectivity index (χ1) is 8.90. The van der Waals surface area contributed by atoms with Gasteiger partial charge >= 0.3 is 0 Å². The van der Waals surface area contributed by atoms with Crippen molar-refractivity contribution < 1.29 is 0 Å². The molecule has 2 bridgehead atoms. The van der Waals surface area contributed by atoms with Crippen molar-refractivity contribution in [1.29, 1.82) is 0 Å². The van der Waals surface area contributed by atoms with E-state index in [1.54, 1.807) is 16.9 Å². The van der Waals surface area contributed by atoms with Crippen LogP contribution in [0.5, 0.6) is 0 Å². The van der Waals surface area contributed by atoms with Gasteiger partial charge in [0.05, 0.1) is 0 Å². The van der Waals surface area contributed by atoms with E-state index in [0.29, 0.717) is 6.04 Å². The van der Waals surface area contributed by atoms with Gasteiger partial charge in [0.2, 0.25) is 0 Å². The van der Waals surface area contributed by atoms with Gasteiger partial charge in [-0.05, 0) is 79.8 Å². The summed E-state index contributed by atoms with van der Waals surface area (Å²) in [5, 5.41) is 6.18. The Hall–Kier alpha value is -0.340. The van der Waals surface area contributed by atoms with Crippen molar-refractivity contribution in [2.24, 2.45) is 17.8 Å². The summed E-state index contributed by atoms with van der Waals surface area (Å²) in [6, 6.07) is 3.02. The molecule has 0 aromatic carbocycles. The maximum Gasteiger partial charge on any atom is 0.0331 e. The van der Waals surface area contributed by atoms with Crippen molar-refractivity contribution in [2.45, 2.75) is 51.0 Å². The van der Waals surface area contributed by atoms with Crippen LogP contribution in [0.2, 0.25) is 0 Å². The van der Waals surface area contributed by atoms with E-state index in [2.05, 4.69) is 16.8 Å². The van der Waals surface area contributed by atoms with Gasteiger partial charge < -0.3 is 5.32 Å². The van der Waals surface area contributed by atoms with E-state index in [1.807, 2.05) is 11.3 Å².